The van der Waals surface area contributed by atoms with Gasteiger partial charge in [-0.15, -0.1) is 0 Å². The van der Waals surface area contributed by atoms with Crippen LogP contribution in [0.2, 0.25) is 5.02 Å². The van der Waals surface area contributed by atoms with Gasteiger partial charge in [0.2, 0.25) is 0 Å². The lowest BCUT2D eigenvalue weighted by molar-refractivity contribution is 0.375. The molecule has 0 bridgehead atoms. The molecule has 0 radical (unpaired) electrons. The molecule has 0 saturated carbocycles. The van der Waals surface area contributed by atoms with Crippen LogP contribution in [0.3, 0.4) is 0 Å². The van der Waals surface area contributed by atoms with E-state index in [2.05, 4.69) is 35.9 Å². The van der Waals surface area contributed by atoms with Gasteiger partial charge in [0.15, 0.2) is 0 Å². The van der Waals surface area contributed by atoms with Crippen molar-refractivity contribution in [2.45, 2.75) is 46.0 Å². The summed E-state index contributed by atoms with van der Waals surface area (Å²) in [6.45, 7) is 7.07. The van der Waals surface area contributed by atoms with Crippen LogP contribution in [0.5, 0.6) is 5.75 Å². The molecule has 0 aliphatic carbocycles. The second kappa shape index (κ2) is 10.3. The number of rotatable bonds is 5. The topological polar surface area (TPSA) is 65.1 Å². The highest BCUT2D eigenvalue weighted by molar-refractivity contribution is 6.30. The summed E-state index contributed by atoms with van der Waals surface area (Å²) in [5, 5.41) is 20.1. The van der Waals surface area contributed by atoms with Crippen LogP contribution in [0.4, 0.5) is 0 Å². The summed E-state index contributed by atoms with van der Waals surface area (Å²) in [4.78, 5) is 6.36. The van der Waals surface area contributed by atoms with E-state index in [4.69, 9.17) is 17.0 Å². The van der Waals surface area contributed by atoms with E-state index in [9.17, 15) is 5.11 Å². The maximum Gasteiger partial charge on any atom is 0.140 e. The molecule has 0 spiro atoms. The number of allylic oxidation sites excluding steroid dienone is 2. The zero-order chi connectivity index (χ0) is 24.2. The number of aromatic hydroxyl groups is 1. The van der Waals surface area contributed by atoms with Crippen LogP contribution in [0.15, 0.2) is 72.3 Å². The van der Waals surface area contributed by atoms with Gasteiger partial charge in [0.1, 0.15) is 11.6 Å². The quantitative estimate of drug-likeness (QED) is 0.306. The lowest BCUT2D eigenvalue weighted by Crippen LogP contribution is -2.36. The molecule has 34 heavy (non-hydrogen) atoms. The van der Waals surface area contributed by atoms with Gasteiger partial charge in [0, 0.05) is 29.4 Å². The van der Waals surface area contributed by atoms with Gasteiger partial charge < -0.3 is 14.6 Å². The highest BCUT2D eigenvalue weighted by Crippen LogP contribution is 2.38. The lowest BCUT2D eigenvalue weighted by atomic mass is 9.84. The first-order valence-corrected chi connectivity index (χ1v) is 12.1. The van der Waals surface area contributed by atoms with Crippen LogP contribution in [-0.4, -0.2) is 31.9 Å². The molecule has 5 nitrogen and oxygen atoms in total. The molecule has 3 aromatic rings. The molecule has 4 rings (SSSR count). The number of imidazole rings is 1. The lowest BCUT2D eigenvalue weighted by Gasteiger charge is -2.38. The molecule has 0 unspecified atom stereocenters. The predicted molar refractivity (Wildman–Crippen MR) is 140 cm³/mol. The van der Waals surface area contributed by atoms with E-state index in [0.29, 0.717) is 11.5 Å². The summed E-state index contributed by atoms with van der Waals surface area (Å²) >= 11 is 6.12. The first-order valence-electron chi connectivity index (χ1n) is 11.7. The minimum Gasteiger partial charge on any atom is -0.506 e. The Morgan fingerprint density at radius 2 is 2.00 bits per heavy atom. The van der Waals surface area contributed by atoms with E-state index >= 15 is 0 Å². The van der Waals surface area contributed by atoms with Crippen LogP contribution in [-0.2, 0) is 0 Å². The van der Waals surface area contributed by atoms with Crippen molar-refractivity contribution in [1.82, 2.24) is 14.5 Å². The van der Waals surface area contributed by atoms with Gasteiger partial charge in [-0.2, -0.15) is 0 Å². The fraction of sp³-hybridized carbons (Fsp3) is 0.286. The second-order valence-corrected chi connectivity index (χ2v) is 9.24. The Kier molecular flexibility index (Phi) is 7.23. The second-order valence-electron chi connectivity index (χ2n) is 8.81. The SMILES string of the molecule is CC/C(C)=C1\[C@H](c2ccc(Cl)cc2)CCCN1C(=N)/C=C/c1ccc(-n2cnc(C)c2)c(O)c1. The number of likely N-dealkylation sites (tertiary alicyclic amines) is 1. The van der Waals surface area contributed by atoms with Gasteiger partial charge in [-0.1, -0.05) is 48.4 Å². The Morgan fingerprint density at radius 1 is 1.24 bits per heavy atom. The number of aromatic nitrogens is 2. The minimum atomic E-state index is 0.175. The van der Waals surface area contributed by atoms with E-state index in [1.54, 1.807) is 17.0 Å². The number of nitrogens with one attached hydrogen (secondary N) is 1. The average Bonchev–Trinajstić information content (AvgIpc) is 3.28. The van der Waals surface area contributed by atoms with Gasteiger partial charge in [0.05, 0.1) is 17.7 Å². The number of benzene rings is 2. The zero-order valence-electron chi connectivity index (χ0n) is 19.9. The van der Waals surface area contributed by atoms with Crippen molar-refractivity contribution in [1.29, 1.82) is 5.41 Å². The van der Waals surface area contributed by atoms with E-state index in [1.807, 2.05) is 49.5 Å². The number of hydrogen-bond donors (Lipinski definition) is 2. The Balaban J connectivity index is 1.57. The number of amidine groups is 1. The Hall–Kier alpha value is -3.31. The Labute approximate surface area is 206 Å². The highest BCUT2D eigenvalue weighted by Gasteiger charge is 2.29. The van der Waals surface area contributed by atoms with Gasteiger partial charge in [-0.05, 0) is 74.6 Å². The first-order chi connectivity index (χ1) is 16.4. The van der Waals surface area contributed by atoms with Crippen LogP contribution in [0.25, 0.3) is 11.8 Å². The standard InChI is InChI=1S/C28H31ClN4O/c1-4-19(2)28-24(22-9-11-23(29)12-10-22)6-5-15-33(28)27(30)14-8-21-7-13-25(26(34)16-21)32-17-20(3)31-18-32/h7-14,16-18,24,30,34H,4-6,15H2,1-3H3/b14-8+,28-19+,30-27?/t24-/m0/s1. The van der Waals surface area contributed by atoms with Gasteiger partial charge in [-0.25, -0.2) is 4.98 Å². The molecule has 1 saturated heterocycles. The number of nitrogens with zero attached hydrogens (tertiary/aromatic N) is 3. The number of hydrogen-bond acceptors (Lipinski definition) is 3. The third-order valence-corrected chi connectivity index (χ3v) is 6.70. The summed E-state index contributed by atoms with van der Waals surface area (Å²) in [6, 6.07) is 13.6. The summed E-state index contributed by atoms with van der Waals surface area (Å²) in [5.41, 5.74) is 6.17. The third-order valence-electron chi connectivity index (χ3n) is 6.45. The number of halogens is 1. The zero-order valence-corrected chi connectivity index (χ0v) is 20.7. The predicted octanol–water partition coefficient (Wildman–Crippen LogP) is 7.09. The van der Waals surface area contributed by atoms with Crippen molar-refractivity contribution in [3.8, 4) is 11.4 Å². The van der Waals surface area contributed by atoms with Gasteiger partial charge in [0.25, 0.3) is 0 Å². The molecular formula is C28H31ClN4O. The maximum atomic E-state index is 10.5. The number of piperidine rings is 1. The molecular weight excluding hydrogens is 444 g/mol. The Morgan fingerprint density at radius 3 is 2.65 bits per heavy atom. The van der Waals surface area contributed by atoms with E-state index in [1.165, 1.54) is 16.8 Å². The summed E-state index contributed by atoms with van der Waals surface area (Å²) in [5.74, 6) is 0.881. The van der Waals surface area contributed by atoms with Gasteiger partial charge in [-0.3, -0.25) is 5.41 Å². The highest BCUT2D eigenvalue weighted by atomic mass is 35.5. The van der Waals surface area contributed by atoms with Crippen LogP contribution >= 0.6 is 11.6 Å². The van der Waals surface area contributed by atoms with Crippen LogP contribution in [0.1, 0.15) is 55.8 Å². The number of phenols is 1. The van der Waals surface area contributed by atoms with E-state index in [0.717, 1.165) is 42.1 Å². The van der Waals surface area contributed by atoms with E-state index < -0.39 is 0 Å². The third kappa shape index (κ3) is 5.10. The summed E-state index contributed by atoms with van der Waals surface area (Å²) in [7, 11) is 0. The molecule has 6 heteroatoms. The average molecular weight is 475 g/mol. The fourth-order valence-corrected chi connectivity index (χ4v) is 4.68. The monoisotopic (exact) mass is 474 g/mol. The first kappa shape index (κ1) is 23.8. The smallest absolute Gasteiger partial charge is 0.140 e. The van der Waals surface area contributed by atoms with Crippen molar-refractivity contribution < 1.29 is 5.11 Å². The maximum absolute atomic E-state index is 10.5. The molecule has 1 aliphatic rings. The Bertz CT molecular complexity index is 1240. The molecule has 0 amide bonds. The van der Waals surface area contributed by atoms with E-state index in [-0.39, 0.29) is 11.7 Å². The van der Waals surface area contributed by atoms with Crippen molar-refractivity contribution in [3.63, 3.8) is 0 Å². The van der Waals surface area contributed by atoms with Crippen LogP contribution < -0.4 is 0 Å². The fourth-order valence-electron chi connectivity index (χ4n) is 4.56. The van der Waals surface area contributed by atoms with Crippen molar-refractivity contribution in [2.24, 2.45) is 0 Å². The number of aryl methyl sites for hydroxylation is 1. The molecule has 1 fully saturated rings. The van der Waals surface area contributed by atoms with Crippen LogP contribution in [0, 0.1) is 12.3 Å². The normalized spacial score (nSPS) is 17.9. The molecule has 1 atom stereocenters. The molecule has 176 valence electrons. The minimum absolute atomic E-state index is 0.175. The molecule has 1 aromatic heterocycles. The molecule has 2 heterocycles. The molecule has 2 N–H and O–H groups in total. The largest absolute Gasteiger partial charge is 0.506 e. The van der Waals surface area contributed by atoms with Crippen molar-refractivity contribution >= 4 is 23.5 Å². The molecule has 2 aromatic carbocycles. The molecule has 1 aliphatic heterocycles. The summed E-state index contributed by atoms with van der Waals surface area (Å²) < 4.78 is 1.80. The number of phenolic OH excluding ortho intramolecular Hbond substituents is 1. The van der Waals surface area contributed by atoms with Gasteiger partial charge >= 0.3 is 0 Å². The van der Waals surface area contributed by atoms with Crippen molar-refractivity contribution in [3.05, 3.63) is 94.2 Å². The van der Waals surface area contributed by atoms with Crippen molar-refractivity contribution in [2.75, 3.05) is 6.54 Å². The summed E-state index contributed by atoms with van der Waals surface area (Å²) in [6.07, 6.45) is 10.3.